The van der Waals surface area contributed by atoms with E-state index in [-0.39, 0.29) is 17.6 Å². The van der Waals surface area contributed by atoms with Gasteiger partial charge in [0.15, 0.2) is 0 Å². The van der Waals surface area contributed by atoms with Gasteiger partial charge in [0.25, 0.3) is 0 Å². The topological polar surface area (TPSA) is 75.6 Å². The molecule has 2 aromatic rings. The average Bonchev–Trinajstić information content (AvgIpc) is 3.01. The summed E-state index contributed by atoms with van der Waals surface area (Å²) in [6.07, 6.45) is 0.856. The highest BCUT2D eigenvalue weighted by Crippen LogP contribution is 2.29. The van der Waals surface area contributed by atoms with E-state index in [1.54, 1.807) is 24.3 Å². The van der Waals surface area contributed by atoms with E-state index in [0.717, 1.165) is 11.1 Å². The normalized spacial score (nSPS) is 15.8. The van der Waals surface area contributed by atoms with Crippen LogP contribution >= 0.6 is 0 Å². The molecular formula is C19H19NO4. The third-order valence-corrected chi connectivity index (χ3v) is 4.17. The third kappa shape index (κ3) is 3.81. The van der Waals surface area contributed by atoms with Crippen molar-refractivity contribution in [1.29, 1.82) is 0 Å². The van der Waals surface area contributed by atoms with Crippen molar-refractivity contribution >= 4 is 11.9 Å². The van der Waals surface area contributed by atoms with Gasteiger partial charge in [0.1, 0.15) is 6.10 Å². The highest BCUT2D eigenvalue weighted by Gasteiger charge is 2.22. The smallest absolute Gasteiger partial charge is 0.335 e. The van der Waals surface area contributed by atoms with Crippen LogP contribution in [-0.2, 0) is 22.6 Å². The van der Waals surface area contributed by atoms with Gasteiger partial charge in [0.2, 0.25) is 5.91 Å². The van der Waals surface area contributed by atoms with Crippen molar-refractivity contribution in [2.75, 3.05) is 6.54 Å². The monoisotopic (exact) mass is 325 g/mol. The molecular weight excluding hydrogens is 306 g/mol. The first-order valence-electron chi connectivity index (χ1n) is 7.92. The molecule has 1 aliphatic rings. The molecule has 3 rings (SSSR count). The molecule has 1 atom stereocenters. The molecule has 0 spiro atoms. The fourth-order valence-corrected chi connectivity index (χ4v) is 2.80. The second kappa shape index (κ2) is 7.27. The Hall–Kier alpha value is -2.66. The molecule has 1 unspecified atom stereocenters. The molecule has 1 heterocycles. The SMILES string of the molecule is O=C(CCc1ccc(C(=O)O)cc1)NCC1OCc2ccccc21. The fraction of sp³-hybridized carbons (Fsp3) is 0.263. The lowest BCUT2D eigenvalue weighted by atomic mass is 10.1. The van der Waals surface area contributed by atoms with Crippen molar-refractivity contribution in [2.24, 2.45) is 0 Å². The quantitative estimate of drug-likeness (QED) is 0.856. The molecule has 2 aromatic carbocycles. The minimum absolute atomic E-state index is 0.0368. The molecule has 1 aliphatic heterocycles. The number of benzene rings is 2. The van der Waals surface area contributed by atoms with E-state index in [4.69, 9.17) is 9.84 Å². The second-order valence-electron chi connectivity index (χ2n) is 5.80. The van der Waals surface area contributed by atoms with Gasteiger partial charge in [-0.3, -0.25) is 4.79 Å². The molecule has 0 saturated heterocycles. The zero-order valence-electron chi connectivity index (χ0n) is 13.2. The minimum atomic E-state index is -0.948. The molecule has 0 aliphatic carbocycles. The standard InChI is InChI=1S/C19H19NO4/c21-18(10-7-13-5-8-14(9-6-13)19(22)23)20-11-17-16-4-2-1-3-15(16)12-24-17/h1-6,8-9,17H,7,10-12H2,(H,20,21)(H,22,23). The fourth-order valence-electron chi connectivity index (χ4n) is 2.80. The molecule has 0 fully saturated rings. The summed E-state index contributed by atoms with van der Waals surface area (Å²) in [4.78, 5) is 22.8. The summed E-state index contributed by atoms with van der Waals surface area (Å²) in [5.41, 5.74) is 3.51. The Balaban J connectivity index is 1.46. The number of nitrogens with one attached hydrogen (secondary N) is 1. The number of carboxylic acids is 1. The summed E-state index contributed by atoms with van der Waals surface area (Å²) in [7, 11) is 0. The molecule has 24 heavy (non-hydrogen) atoms. The molecule has 5 nitrogen and oxygen atoms in total. The van der Waals surface area contributed by atoms with Gasteiger partial charge in [-0.2, -0.15) is 0 Å². The first-order chi connectivity index (χ1) is 11.6. The van der Waals surface area contributed by atoms with Gasteiger partial charge >= 0.3 is 5.97 Å². The Kier molecular flexibility index (Phi) is 4.91. The number of carboxylic acid groups (broad SMARTS) is 1. The van der Waals surface area contributed by atoms with Crippen LogP contribution in [0.3, 0.4) is 0 Å². The Labute approximate surface area is 140 Å². The van der Waals surface area contributed by atoms with Gasteiger partial charge in [0, 0.05) is 13.0 Å². The van der Waals surface area contributed by atoms with Crippen LogP contribution in [0.25, 0.3) is 0 Å². The first kappa shape index (κ1) is 16.2. The molecule has 0 aromatic heterocycles. The van der Waals surface area contributed by atoms with Crippen LogP contribution in [0.1, 0.15) is 39.6 Å². The molecule has 2 N–H and O–H groups in total. The summed E-state index contributed by atoms with van der Waals surface area (Å²) in [5, 5.41) is 11.8. The van der Waals surface area contributed by atoms with E-state index < -0.39 is 5.97 Å². The highest BCUT2D eigenvalue weighted by molar-refractivity contribution is 5.87. The summed E-state index contributed by atoms with van der Waals surface area (Å²) >= 11 is 0. The van der Waals surface area contributed by atoms with Crippen molar-refractivity contribution in [2.45, 2.75) is 25.6 Å². The van der Waals surface area contributed by atoms with Gasteiger partial charge < -0.3 is 15.2 Å². The molecule has 5 heteroatoms. The Bertz CT molecular complexity index is 739. The summed E-state index contributed by atoms with van der Waals surface area (Å²) in [6, 6.07) is 14.6. The molecule has 0 bridgehead atoms. The van der Waals surface area contributed by atoms with Crippen LogP contribution in [0.15, 0.2) is 48.5 Å². The van der Waals surface area contributed by atoms with Crippen LogP contribution in [0.2, 0.25) is 0 Å². The number of hydrogen-bond donors (Lipinski definition) is 2. The maximum Gasteiger partial charge on any atom is 0.335 e. The van der Waals surface area contributed by atoms with Crippen LogP contribution < -0.4 is 5.32 Å². The van der Waals surface area contributed by atoms with Crippen LogP contribution in [0.4, 0.5) is 0 Å². The van der Waals surface area contributed by atoms with Gasteiger partial charge in [-0.25, -0.2) is 4.79 Å². The number of carbonyl (C=O) groups excluding carboxylic acids is 1. The third-order valence-electron chi connectivity index (χ3n) is 4.17. The number of amides is 1. The summed E-state index contributed by atoms with van der Waals surface area (Å²) in [5.74, 6) is -0.985. The van der Waals surface area contributed by atoms with Crippen molar-refractivity contribution in [3.63, 3.8) is 0 Å². The maximum absolute atomic E-state index is 12.0. The van der Waals surface area contributed by atoms with Gasteiger partial charge in [0.05, 0.1) is 12.2 Å². The van der Waals surface area contributed by atoms with E-state index in [0.29, 0.717) is 26.0 Å². The largest absolute Gasteiger partial charge is 0.478 e. The number of carbonyl (C=O) groups is 2. The Morgan fingerprint density at radius 3 is 2.62 bits per heavy atom. The zero-order chi connectivity index (χ0) is 16.9. The van der Waals surface area contributed by atoms with Crippen molar-refractivity contribution < 1.29 is 19.4 Å². The Morgan fingerprint density at radius 1 is 1.12 bits per heavy atom. The minimum Gasteiger partial charge on any atom is -0.478 e. The van der Waals surface area contributed by atoms with E-state index in [2.05, 4.69) is 5.32 Å². The molecule has 124 valence electrons. The van der Waals surface area contributed by atoms with Gasteiger partial charge in [-0.05, 0) is 35.2 Å². The molecule has 1 amide bonds. The van der Waals surface area contributed by atoms with E-state index in [9.17, 15) is 9.59 Å². The van der Waals surface area contributed by atoms with Crippen molar-refractivity contribution in [3.05, 3.63) is 70.8 Å². The number of aryl methyl sites for hydroxylation is 1. The van der Waals surface area contributed by atoms with Crippen LogP contribution in [-0.4, -0.2) is 23.5 Å². The lowest BCUT2D eigenvalue weighted by Gasteiger charge is -2.12. The van der Waals surface area contributed by atoms with E-state index >= 15 is 0 Å². The zero-order valence-corrected chi connectivity index (χ0v) is 13.2. The van der Waals surface area contributed by atoms with E-state index in [1.807, 2.05) is 24.3 Å². The van der Waals surface area contributed by atoms with E-state index in [1.165, 1.54) is 5.56 Å². The predicted molar refractivity (Wildman–Crippen MR) is 88.7 cm³/mol. The highest BCUT2D eigenvalue weighted by atomic mass is 16.5. The number of fused-ring (bicyclic) bond motifs is 1. The predicted octanol–water partition coefficient (Wildman–Crippen LogP) is 2.71. The Morgan fingerprint density at radius 2 is 1.88 bits per heavy atom. The van der Waals surface area contributed by atoms with Gasteiger partial charge in [-0.1, -0.05) is 36.4 Å². The maximum atomic E-state index is 12.0. The van der Waals surface area contributed by atoms with Gasteiger partial charge in [-0.15, -0.1) is 0 Å². The number of rotatable bonds is 6. The van der Waals surface area contributed by atoms with Crippen molar-refractivity contribution in [1.82, 2.24) is 5.32 Å². The number of aromatic carboxylic acids is 1. The number of ether oxygens (including phenoxy) is 1. The van der Waals surface area contributed by atoms with Crippen LogP contribution in [0, 0.1) is 0 Å². The average molecular weight is 325 g/mol. The first-order valence-corrected chi connectivity index (χ1v) is 7.92. The summed E-state index contributed by atoms with van der Waals surface area (Å²) < 4.78 is 5.70. The molecule has 0 saturated carbocycles. The lowest BCUT2D eigenvalue weighted by molar-refractivity contribution is -0.121. The number of hydrogen-bond acceptors (Lipinski definition) is 3. The van der Waals surface area contributed by atoms with Crippen LogP contribution in [0.5, 0.6) is 0 Å². The summed E-state index contributed by atoms with van der Waals surface area (Å²) in [6.45, 7) is 1.06. The lowest BCUT2D eigenvalue weighted by Crippen LogP contribution is -2.28. The van der Waals surface area contributed by atoms with Crippen molar-refractivity contribution in [3.8, 4) is 0 Å². The molecule has 0 radical (unpaired) electrons. The second-order valence-corrected chi connectivity index (χ2v) is 5.80.